The van der Waals surface area contributed by atoms with Gasteiger partial charge in [0.05, 0.1) is 12.9 Å². The lowest BCUT2D eigenvalue weighted by atomic mass is 10.0. The first kappa shape index (κ1) is 11.9. The number of furan rings is 1. The van der Waals surface area contributed by atoms with Crippen molar-refractivity contribution < 1.29 is 9.15 Å². The van der Waals surface area contributed by atoms with Crippen LogP contribution in [0.25, 0.3) is 0 Å². The van der Waals surface area contributed by atoms with Gasteiger partial charge in [-0.15, -0.1) is 0 Å². The normalized spacial score (nSPS) is 12.6. The quantitative estimate of drug-likeness (QED) is 0.860. The fourth-order valence-electron chi connectivity index (χ4n) is 1.80. The second-order valence-electron chi connectivity index (χ2n) is 3.97. The standard InChI is InChI=1S/C14H17NO2/c1-11-4-2-5-12(10-11)14(17-9-7-15)13-6-3-8-16-13/h2-6,8,10,14H,7,9,15H2,1H3. The number of aryl methyl sites for hydroxylation is 1. The molecule has 0 fully saturated rings. The van der Waals surface area contributed by atoms with E-state index in [1.807, 2.05) is 24.3 Å². The van der Waals surface area contributed by atoms with Crippen molar-refractivity contribution in [1.82, 2.24) is 0 Å². The fraction of sp³-hybridized carbons (Fsp3) is 0.286. The highest BCUT2D eigenvalue weighted by Crippen LogP contribution is 2.26. The third-order valence-electron chi connectivity index (χ3n) is 2.55. The van der Waals surface area contributed by atoms with E-state index < -0.39 is 0 Å². The molecule has 17 heavy (non-hydrogen) atoms. The molecule has 3 heteroatoms. The second-order valence-corrected chi connectivity index (χ2v) is 3.97. The summed E-state index contributed by atoms with van der Waals surface area (Å²) in [6.07, 6.45) is 1.48. The first-order chi connectivity index (χ1) is 8.31. The van der Waals surface area contributed by atoms with Crippen LogP contribution < -0.4 is 5.73 Å². The lowest BCUT2D eigenvalue weighted by Gasteiger charge is -2.16. The van der Waals surface area contributed by atoms with Crippen molar-refractivity contribution >= 4 is 0 Å². The molecule has 90 valence electrons. The molecule has 0 aliphatic rings. The largest absolute Gasteiger partial charge is 0.466 e. The summed E-state index contributed by atoms with van der Waals surface area (Å²) in [5, 5.41) is 0. The van der Waals surface area contributed by atoms with Gasteiger partial charge < -0.3 is 14.9 Å². The maximum absolute atomic E-state index is 5.76. The van der Waals surface area contributed by atoms with Crippen LogP contribution in [0.2, 0.25) is 0 Å². The number of nitrogens with two attached hydrogens (primary N) is 1. The number of hydrogen-bond donors (Lipinski definition) is 1. The van der Waals surface area contributed by atoms with E-state index in [2.05, 4.69) is 19.1 Å². The lowest BCUT2D eigenvalue weighted by molar-refractivity contribution is 0.0709. The van der Waals surface area contributed by atoms with E-state index in [4.69, 9.17) is 14.9 Å². The van der Waals surface area contributed by atoms with Crippen LogP contribution in [-0.4, -0.2) is 13.2 Å². The molecular weight excluding hydrogens is 214 g/mol. The average molecular weight is 231 g/mol. The zero-order valence-electron chi connectivity index (χ0n) is 9.93. The zero-order valence-corrected chi connectivity index (χ0v) is 9.93. The SMILES string of the molecule is Cc1cccc(C(OCCN)c2ccco2)c1. The van der Waals surface area contributed by atoms with Gasteiger partial charge >= 0.3 is 0 Å². The molecule has 2 aromatic rings. The van der Waals surface area contributed by atoms with E-state index in [-0.39, 0.29) is 6.10 Å². The Balaban J connectivity index is 2.27. The molecule has 0 aliphatic carbocycles. The number of hydrogen-bond acceptors (Lipinski definition) is 3. The van der Waals surface area contributed by atoms with Crippen molar-refractivity contribution in [2.45, 2.75) is 13.0 Å². The predicted octanol–water partition coefficient (Wildman–Crippen LogP) is 2.65. The van der Waals surface area contributed by atoms with Crippen LogP contribution in [0.4, 0.5) is 0 Å². The molecule has 1 unspecified atom stereocenters. The fourth-order valence-corrected chi connectivity index (χ4v) is 1.80. The molecular formula is C14H17NO2. The molecule has 2 N–H and O–H groups in total. The van der Waals surface area contributed by atoms with E-state index in [0.29, 0.717) is 13.2 Å². The molecule has 0 saturated carbocycles. The predicted molar refractivity (Wildman–Crippen MR) is 66.7 cm³/mol. The van der Waals surface area contributed by atoms with Crippen molar-refractivity contribution in [1.29, 1.82) is 0 Å². The number of ether oxygens (including phenoxy) is 1. The molecule has 0 amide bonds. The van der Waals surface area contributed by atoms with Gasteiger partial charge in [0.15, 0.2) is 0 Å². The van der Waals surface area contributed by atoms with E-state index in [0.717, 1.165) is 11.3 Å². The van der Waals surface area contributed by atoms with Gasteiger partial charge in [0.1, 0.15) is 11.9 Å². The van der Waals surface area contributed by atoms with Crippen molar-refractivity contribution in [2.24, 2.45) is 5.73 Å². The Hall–Kier alpha value is -1.58. The topological polar surface area (TPSA) is 48.4 Å². The van der Waals surface area contributed by atoms with Gasteiger partial charge in [0.25, 0.3) is 0 Å². The first-order valence-electron chi connectivity index (χ1n) is 5.73. The summed E-state index contributed by atoms with van der Waals surface area (Å²) in [4.78, 5) is 0. The van der Waals surface area contributed by atoms with Gasteiger partial charge in [0.2, 0.25) is 0 Å². The summed E-state index contributed by atoms with van der Waals surface area (Å²) in [7, 11) is 0. The lowest BCUT2D eigenvalue weighted by Crippen LogP contribution is -2.13. The Labute approximate surface area is 101 Å². The van der Waals surface area contributed by atoms with Crippen LogP contribution in [0.1, 0.15) is 23.0 Å². The first-order valence-corrected chi connectivity index (χ1v) is 5.73. The van der Waals surface area contributed by atoms with Crippen LogP contribution >= 0.6 is 0 Å². The Morgan fingerprint density at radius 1 is 1.29 bits per heavy atom. The highest BCUT2D eigenvalue weighted by atomic mass is 16.5. The maximum Gasteiger partial charge on any atom is 0.140 e. The van der Waals surface area contributed by atoms with Crippen LogP contribution in [0.15, 0.2) is 47.1 Å². The molecule has 1 atom stereocenters. The monoisotopic (exact) mass is 231 g/mol. The maximum atomic E-state index is 5.76. The molecule has 1 aromatic heterocycles. The van der Waals surface area contributed by atoms with E-state index in [1.165, 1.54) is 5.56 Å². The van der Waals surface area contributed by atoms with E-state index in [1.54, 1.807) is 6.26 Å². The number of benzene rings is 1. The van der Waals surface area contributed by atoms with Crippen molar-refractivity contribution in [3.63, 3.8) is 0 Å². The van der Waals surface area contributed by atoms with Crippen LogP contribution in [-0.2, 0) is 4.74 Å². The Morgan fingerprint density at radius 2 is 2.18 bits per heavy atom. The van der Waals surface area contributed by atoms with Gasteiger partial charge in [-0.25, -0.2) is 0 Å². The molecule has 0 saturated heterocycles. The van der Waals surface area contributed by atoms with Crippen LogP contribution in [0.3, 0.4) is 0 Å². The Bertz CT molecular complexity index is 451. The molecule has 2 rings (SSSR count). The summed E-state index contributed by atoms with van der Waals surface area (Å²) in [5.41, 5.74) is 7.78. The van der Waals surface area contributed by atoms with Crippen molar-refractivity contribution in [3.05, 3.63) is 59.5 Å². The summed E-state index contributed by atoms with van der Waals surface area (Å²) in [6.45, 7) is 3.08. The molecule has 3 nitrogen and oxygen atoms in total. The van der Waals surface area contributed by atoms with Crippen LogP contribution in [0, 0.1) is 6.92 Å². The van der Waals surface area contributed by atoms with Gasteiger partial charge in [-0.2, -0.15) is 0 Å². The van der Waals surface area contributed by atoms with Crippen molar-refractivity contribution in [3.8, 4) is 0 Å². The van der Waals surface area contributed by atoms with Gasteiger partial charge in [-0.05, 0) is 24.6 Å². The second kappa shape index (κ2) is 5.66. The smallest absolute Gasteiger partial charge is 0.140 e. The van der Waals surface area contributed by atoms with Crippen molar-refractivity contribution in [2.75, 3.05) is 13.2 Å². The number of rotatable bonds is 5. The molecule has 0 spiro atoms. The Morgan fingerprint density at radius 3 is 2.82 bits per heavy atom. The molecule has 0 aliphatic heterocycles. The average Bonchev–Trinajstić information content (AvgIpc) is 2.83. The summed E-state index contributed by atoms with van der Waals surface area (Å²) < 4.78 is 11.2. The van der Waals surface area contributed by atoms with E-state index >= 15 is 0 Å². The summed E-state index contributed by atoms with van der Waals surface area (Å²) >= 11 is 0. The molecule has 1 aromatic carbocycles. The Kier molecular flexibility index (Phi) is 3.96. The van der Waals surface area contributed by atoms with Gasteiger partial charge in [-0.1, -0.05) is 29.8 Å². The third-order valence-corrected chi connectivity index (χ3v) is 2.55. The molecule has 0 radical (unpaired) electrons. The molecule has 1 heterocycles. The minimum atomic E-state index is -0.173. The van der Waals surface area contributed by atoms with Crippen LogP contribution in [0.5, 0.6) is 0 Å². The summed E-state index contributed by atoms with van der Waals surface area (Å²) in [5.74, 6) is 0.809. The minimum absolute atomic E-state index is 0.173. The zero-order chi connectivity index (χ0) is 12.1. The van der Waals surface area contributed by atoms with E-state index in [9.17, 15) is 0 Å². The van der Waals surface area contributed by atoms with Gasteiger partial charge in [-0.3, -0.25) is 0 Å². The molecule has 0 bridgehead atoms. The highest BCUT2D eigenvalue weighted by molar-refractivity contribution is 5.28. The summed E-state index contributed by atoms with van der Waals surface area (Å²) in [6, 6.07) is 12.0. The van der Waals surface area contributed by atoms with Gasteiger partial charge in [0, 0.05) is 6.54 Å². The highest BCUT2D eigenvalue weighted by Gasteiger charge is 2.17. The third kappa shape index (κ3) is 2.96. The minimum Gasteiger partial charge on any atom is -0.466 e.